The standard InChI is InChI=1S/C31H37Cl2N7O10S2/c1-3-4-5-6-10-39(11-9-35-25(43)16-7-8-17(41)23(42)18(16)32)12-15-13-51-28-21(27(45)40(28)22(15)30(48)49)36-26(44)20(38-50-14(2)29(46)47)19-24(33)52-31(34)37-19/h7-8,14,21,28,41-42H,3-6,9-13H2,1-2H3,(H2,34,37)(H,35,43)(H,36,44)(H,46,47)(H,48,49)/b38-20-/t14-,21?,28?/m0/s1. The summed E-state index contributed by atoms with van der Waals surface area (Å²) in [5.74, 6) is -5.81. The van der Waals surface area contributed by atoms with Crippen molar-refractivity contribution in [3.8, 4) is 11.5 Å². The minimum atomic E-state index is -1.44. The number of oxime groups is 1. The van der Waals surface area contributed by atoms with Gasteiger partial charge in [0.25, 0.3) is 17.7 Å². The van der Waals surface area contributed by atoms with E-state index in [1.54, 1.807) is 0 Å². The highest BCUT2D eigenvalue weighted by Gasteiger charge is 2.54. The molecule has 2 aliphatic rings. The van der Waals surface area contributed by atoms with E-state index in [9.17, 15) is 39.3 Å². The van der Waals surface area contributed by atoms with Gasteiger partial charge in [-0.25, -0.2) is 14.6 Å². The molecule has 1 aromatic carbocycles. The molecule has 17 nitrogen and oxygen atoms in total. The number of nitrogens with one attached hydrogen (secondary N) is 2. The first-order valence-electron chi connectivity index (χ1n) is 16.0. The Hall–Kier alpha value is -4.30. The topological polar surface area (TPSA) is 257 Å². The number of nitrogen functional groups attached to an aromatic ring is 1. The van der Waals surface area contributed by atoms with Gasteiger partial charge in [-0.1, -0.05) is 65.9 Å². The summed E-state index contributed by atoms with van der Waals surface area (Å²) in [6.07, 6.45) is 2.30. The Kier molecular flexibility index (Phi) is 14.0. The van der Waals surface area contributed by atoms with Crippen LogP contribution >= 0.6 is 46.3 Å². The number of nitrogens with two attached hydrogens (primary N) is 1. The van der Waals surface area contributed by atoms with Crippen LogP contribution in [0.4, 0.5) is 5.13 Å². The van der Waals surface area contributed by atoms with Gasteiger partial charge in [0, 0.05) is 25.4 Å². The van der Waals surface area contributed by atoms with Gasteiger partial charge in [-0.3, -0.25) is 24.2 Å². The first-order valence-corrected chi connectivity index (χ1v) is 18.6. The number of thioether (sulfide) groups is 1. The quantitative estimate of drug-likeness (QED) is 0.0376. The van der Waals surface area contributed by atoms with Crippen molar-refractivity contribution in [3.63, 3.8) is 0 Å². The minimum absolute atomic E-state index is 0.00639. The van der Waals surface area contributed by atoms with Gasteiger partial charge in [-0.05, 0) is 37.6 Å². The molecule has 21 heteroatoms. The Morgan fingerprint density at radius 2 is 1.90 bits per heavy atom. The molecular weight excluding hydrogens is 765 g/mol. The number of carbonyl (C=O) groups excluding carboxylic acids is 3. The number of amides is 3. The van der Waals surface area contributed by atoms with Crippen molar-refractivity contribution in [2.24, 2.45) is 5.16 Å². The van der Waals surface area contributed by atoms with E-state index >= 15 is 0 Å². The van der Waals surface area contributed by atoms with Gasteiger partial charge in [-0.15, -0.1) is 11.8 Å². The maximum Gasteiger partial charge on any atom is 0.352 e. The Morgan fingerprint density at radius 1 is 1.17 bits per heavy atom. The Labute approximate surface area is 315 Å². The van der Waals surface area contributed by atoms with Crippen LogP contribution in [0, 0.1) is 0 Å². The average Bonchev–Trinajstić information content (AvgIpc) is 3.43. The zero-order valence-electron chi connectivity index (χ0n) is 27.9. The third kappa shape index (κ3) is 9.37. The number of β-lactam (4-membered cyclic amide) rings is 1. The monoisotopic (exact) mass is 801 g/mol. The number of nitrogens with zero attached hydrogens (tertiary/aromatic N) is 4. The van der Waals surface area contributed by atoms with Crippen LogP contribution in [-0.4, -0.2) is 120 Å². The Morgan fingerprint density at radius 3 is 2.54 bits per heavy atom. The van der Waals surface area contributed by atoms with Crippen molar-refractivity contribution in [3.05, 3.63) is 44.0 Å². The number of thiazole rings is 1. The van der Waals surface area contributed by atoms with E-state index in [2.05, 4.69) is 27.7 Å². The number of phenolic OH excluding ortho intramolecular Hbond substituents is 2. The number of hydrogen-bond donors (Lipinski definition) is 7. The predicted octanol–water partition coefficient (Wildman–Crippen LogP) is 2.69. The highest BCUT2D eigenvalue weighted by atomic mass is 35.5. The molecule has 3 atom stereocenters. The molecule has 2 aromatic rings. The number of unbranched alkanes of at least 4 members (excludes halogenated alkanes) is 3. The summed E-state index contributed by atoms with van der Waals surface area (Å²) in [6, 6.07) is 1.25. The minimum Gasteiger partial charge on any atom is -0.504 e. The molecule has 3 heterocycles. The van der Waals surface area contributed by atoms with E-state index < -0.39 is 64.4 Å². The smallest absolute Gasteiger partial charge is 0.352 e. The molecule has 2 aliphatic heterocycles. The Bertz CT molecular complexity index is 1790. The van der Waals surface area contributed by atoms with E-state index in [0.717, 1.165) is 48.0 Å². The van der Waals surface area contributed by atoms with Crippen LogP contribution in [0.3, 0.4) is 0 Å². The summed E-state index contributed by atoms with van der Waals surface area (Å²) in [4.78, 5) is 75.5. The molecule has 1 saturated heterocycles. The Balaban J connectivity index is 1.49. The second-order valence-electron chi connectivity index (χ2n) is 11.7. The molecule has 0 saturated carbocycles. The van der Waals surface area contributed by atoms with E-state index in [0.29, 0.717) is 18.7 Å². The fourth-order valence-corrected chi connectivity index (χ4v) is 7.81. The number of anilines is 1. The lowest BCUT2D eigenvalue weighted by molar-refractivity contribution is -0.150. The van der Waals surface area contributed by atoms with Crippen LogP contribution < -0.4 is 16.4 Å². The molecule has 1 aromatic heterocycles. The highest BCUT2D eigenvalue weighted by molar-refractivity contribution is 8.00. The largest absolute Gasteiger partial charge is 0.504 e. The maximum absolute atomic E-state index is 13.4. The number of rotatable bonds is 18. The van der Waals surface area contributed by atoms with Crippen LogP contribution in [0.15, 0.2) is 28.6 Å². The zero-order valence-corrected chi connectivity index (χ0v) is 31.1. The number of aliphatic carboxylic acids is 2. The van der Waals surface area contributed by atoms with Gasteiger partial charge in [0.05, 0.1) is 10.6 Å². The number of carbonyl (C=O) groups is 5. The van der Waals surface area contributed by atoms with Crippen molar-refractivity contribution in [1.29, 1.82) is 0 Å². The van der Waals surface area contributed by atoms with Crippen LogP contribution in [0.1, 0.15) is 55.6 Å². The number of carboxylic acids is 2. The summed E-state index contributed by atoms with van der Waals surface area (Å²) in [5.41, 5.74) is 5.22. The SMILES string of the molecule is CCCCCCN(CCNC(=O)c1ccc(O)c(O)c1Cl)CC1=C(C(=O)O)N2C(=O)C(NC(=O)/C(=N\O[C@@H](C)C(=O)O)c3nc(N)sc3Cl)C2SC1. The zero-order chi connectivity index (χ0) is 38.3. The fourth-order valence-electron chi connectivity index (χ4n) is 5.30. The van der Waals surface area contributed by atoms with Crippen molar-refractivity contribution in [1.82, 2.24) is 25.4 Å². The first kappa shape index (κ1) is 40.5. The van der Waals surface area contributed by atoms with Gasteiger partial charge >= 0.3 is 11.9 Å². The number of hydrogen-bond acceptors (Lipinski definition) is 14. The molecule has 0 aliphatic carbocycles. The first-order chi connectivity index (χ1) is 24.7. The summed E-state index contributed by atoms with van der Waals surface area (Å²) in [6.45, 7) is 4.45. The number of benzene rings is 1. The highest BCUT2D eigenvalue weighted by Crippen LogP contribution is 2.41. The number of aromatic nitrogens is 1. The van der Waals surface area contributed by atoms with Gasteiger partial charge in [0.15, 0.2) is 22.3 Å². The van der Waals surface area contributed by atoms with E-state index in [1.165, 1.54) is 24.8 Å². The molecule has 3 amide bonds. The van der Waals surface area contributed by atoms with Crippen molar-refractivity contribution < 1.29 is 49.2 Å². The lowest BCUT2D eigenvalue weighted by Crippen LogP contribution is -2.71. The van der Waals surface area contributed by atoms with Gasteiger partial charge in [0.2, 0.25) is 6.10 Å². The summed E-state index contributed by atoms with van der Waals surface area (Å²) < 4.78 is -0.0328. The number of phenols is 2. The van der Waals surface area contributed by atoms with Gasteiger partial charge in [-0.2, -0.15) is 0 Å². The van der Waals surface area contributed by atoms with E-state index in [4.69, 9.17) is 38.9 Å². The number of carboxylic acid groups (broad SMARTS) is 2. The molecule has 0 bridgehead atoms. The molecule has 52 heavy (non-hydrogen) atoms. The van der Waals surface area contributed by atoms with Crippen molar-refractivity contribution >= 4 is 86.8 Å². The molecule has 4 rings (SSSR count). The van der Waals surface area contributed by atoms with Crippen molar-refractivity contribution in [2.75, 3.05) is 37.7 Å². The van der Waals surface area contributed by atoms with Crippen LogP contribution in [0.5, 0.6) is 11.5 Å². The molecule has 1 fully saturated rings. The molecule has 282 valence electrons. The summed E-state index contributed by atoms with van der Waals surface area (Å²) >= 11 is 14.3. The van der Waals surface area contributed by atoms with Crippen LogP contribution in [-0.2, 0) is 24.0 Å². The van der Waals surface area contributed by atoms with E-state index in [1.807, 2.05) is 4.90 Å². The number of aromatic hydroxyl groups is 2. The molecule has 8 N–H and O–H groups in total. The second kappa shape index (κ2) is 18.0. The van der Waals surface area contributed by atoms with E-state index in [-0.39, 0.29) is 50.3 Å². The molecule has 0 radical (unpaired) electrons. The lowest BCUT2D eigenvalue weighted by atomic mass is 10.0. The van der Waals surface area contributed by atoms with Gasteiger partial charge in [0.1, 0.15) is 27.1 Å². The fraction of sp³-hybridized carbons (Fsp3) is 0.452. The summed E-state index contributed by atoms with van der Waals surface area (Å²) in [5, 5.41) is 46.8. The average molecular weight is 803 g/mol. The van der Waals surface area contributed by atoms with Crippen molar-refractivity contribution in [2.45, 2.75) is 57.1 Å². The molecular formula is C31H37Cl2N7O10S2. The second-order valence-corrected chi connectivity index (χ2v) is 14.8. The van der Waals surface area contributed by atoms with Crippen LogP contribution in [0.2, 0.25) is 9.36 Å². The third-order valence-corrected chi connectivity index (χ3v) is 10.8. The van der Waals surface area contributed by atoms with Gasteiger partial charge < -0.3 is 41.6 Å². The maximum atomic E-state index is 13.4. The summed E-state index contributed by atoms with van der Waals surface area (Å²) in [7, 11) is 0. The normalized spacial score (nSPS) is 17.8. The third-order valence-electron chi connectivity index (χ3n) is 8.02. The molecule has 0 spiro atoms. The lowest BCUT2D eigenvalue weighted by Gasteiger charge is -2.49. The predicted molar refractivity (Wildman–Crippen MR) is 194 cm³/mol. The molecule has 2 unspecified atom stereocenters. The van der Waals surface area contributed by atoms with Crippen LogP contribution in [0.25, 0.3) is 0 Å². The number of fused-ring (bicyclic) bond motifs is 1. The number of halogens is 2.